The second kappa shape index (κ2) is 4.62. The van der Waals surface area contributed by atoms with Crippen molar-refractivity contribution in [1.82, 2.24) is 9.38 Å². The maximum atomic E-state index is 11.9. The van der Waals surface area contributed by atoms with Gasteiger partial charge in [-0.25, -0.2) is 4.98 Å². The fraction of sp³-hybridized carbons (Fsp3) is 0.0769. The lowest BCUT2D eigenvalue weighted by Crippen LogP contribution is -2.16. The first-order chi connectivity index (χ1) is 8.83. The van der Waals surface area contributed by atoms with Gasteiger partial charge in [0.25, 0.3) is 5.56 Å². The van der Waals surface area contributed by atoms with E-state index in [4.69, 9.17) is 0 Å². The third-order valence-corrected chi connectivity index (χ3v) is 3.30. The molecular weight excluding hydrogens is 246 g/mol. The average molecular weight is 257 g/mol. The molecule has 0 bridgehead atoms. The summed E-state index contributed by atoms with van der Waals surface area (Å²) >= 11 is 1.63. The molecule has 0 amide bonds. The smallest absolute Gasteiger partial charge is 0.258 e. The average Bonchev–Trinajstić information content (AvgIpc) is 2.90. The van der Waals surface area contributed by atoms with E-state index in [-0.39, 0.29) is 5.56 Å². The number of rotatable bonds is 3. The van der Waals surface area contributed by atoms with Gasteiger partial charge in [0.15, 0.2) is 0 Å². The molecule has 0 unspecified atom stereocenters. The van der Waals surface area contributed by atoms with Crippen molar-refractivity contribution in [3.63, 3.8) is 0 Å². The normalized spacial score (nSPS) is 10.7. The van der Waals surface area contributed by atoms with Crippen LogP contribution in [0.2, 0.25) is 0 Å². The van der Waals surface area contributed by atoms with Gasteiger partial charge in [-0.15, -0.1) is 0 Å². The summed E-state index contributed by atoms with van der Waals surface area (Å²) in [7, 11) is 0. The summed E-state index contributed by atoms with van der Waals surface area (Å²) in [5.74, 6) is 0. The summed E-state index contributed by atoms with van der Waals surface area (Å²) in [5.41, 5.74) is 2.42. The van der Waals surface area contributed by atoms with Crippen LogP contribution in [0.5, 0.6) is 0 Å². The van der Waals surface area contributed by atoms with Crippen LogP contribution in [0.25, 0.3) is 5.65 Å². The summed E-state index contributed by atoms with van der Waals surface area (Å²) in [6.07, 6.45) is 1.72. The molecule has 0 aromatic carbocycles. The number of aromatic nitrogens is 2. The number of fused-ring (bicyclic) bond motifs is 1. The van der Waals surface area contributed by atoms with Gasteiger partial charge in [-0.3, -0.25) is 9.20 Å². The highest BCUT2D eigenvalue weighted by atomic mass is 32.1. The largest absolute Gasteiger partial charge is 0.379 e. The maximum Gasteiger partial charge on any atom is 0.258 e. The Morgan fingerprint density at radius 3 is 3.11 bits per heavy atom. The van der Waals surface area contributed by atoms with Gasteiger partial charge in [0.1, 0.15) is 5.65 Å². The molecular formula is C13H11N3OS. The number of hydrogen-bond donors (Lipinski definition) is 1. The molecule has 3 aromatic heterocycles. The van der Waals surface area contributed by atoms with E-state index < -0.39 is 0 Å². The Bertz CT molecular complexity index is 718. The van der Waals surface area contributed by atoms with Crippen LogP contribution in [-0.2, 0) is 6.54 Å². The Labute approximate surface area is 108 Å². The fourth-order valence-corrected chi connectivity index (χ4v) is 2.36. The van der Waals surface area contributed by atoms with E-state index in [9.17, 15) is 4.79 Å². The van der Waals surface area contributed by atoms with Crippen molar-refractivity contribution in [2.45, 2.75) is 6.54 Å². The van der Waals surface area contributed by atoms with Crippen LogP contribution < -0.4 is 10.9 Å². The molecule has 0 fully saturated rings. The monoisotopic (exact) mass is 257 g/mol. The van der Waals surface area contributed by atoms with Crippen molar-refractivity contribution in [3.05, 3.63) is 63.3 Å². The molecule has 5 heteroatoms. The summed E-state index contributed by atoms with van der Waals surface area (Å²) in [6.45, 7) is 0.553. The molecule has 0 atom stereocenters. The molecule has 0 aliphatic rings. The lowest BCUT2D eigenvalue weighted by atomic mass is 10.3. The Kier molecular flexibility index (Phi) is 2.82. The van der Waals surface area contributed by atoms with E-state index in [0.717, 1.165) is 11.4 Å². The number of pyridine rings is 1. The molecule has 4 nitrogen and oxygen atoms in total. The third kappa shape index (κ3) is 2.12. The summed E-state index contributed by atoms with van der Waals surface area (Å²) < 4.78 is 1.54. The molecule has 0 saturated carbocycles. The van der Waals surface area contributed by atoms with Crippen molar-refractivity contribution in [2.24, 2.45) is 0 Å². The fourth-order valence-electron chi connectivity index (χ4n) is 1.75. The van der Waals surface area contributed by atoms with Crippen LogP contribution >= 0.6 is 11.3 Å². The zero-order valence-electron chi connectivity index (χ0n) is 9.54. The van der Waals surface area contributed by atoms with E-state index in [0.29, 0.717) is 12.2 Å². The van der Waals surface area contributed by atoms with Crippen LogP contribution in [0.4, 0.5) is 5.69 Å². The Balaban J connectivity index is 1.91. The van der Waals surface area contributed by atoms with Crippen LogP contribution in [0, 0.1) is 0 Å². The number of nitrogens with zero attached hydrogens (tertiary/aromatic N) is 2. The van der Waals surface area contributed by atoms with Gasteiger partial charge in [-0.2, -0.15) is 11.3 Å². The number of hydrogen-bond acceptors (Lipinski definition) is 4. The molecule has 0 saturated heterocycles. The second-order valence-electron chi connectivity index (χ2n) is 3.88. The summed E-state index contributed by atoms with van der Waals surface area (Å²) in [5, 5.41) is 7.26. The first-order valence-corrected chi connectivity index (χ1v) is 6.50. The molecule has 0 aliphatic carbocycles. The molecule has 3 rings (SSSR count). The Morgan fingerprint density at radius 2 is 2.28 bits per heavy atom. The molecule has 1 N–H and O–H groups in total. The van der Waals surface area contributed by atoms with Gasteiger partial charge in [0, 0.05) is 23.3 Å². The minimum absolute atomic E-state index is 0.0530. The van der Waals surface area contributed by atoms with E-state index in [1.165, 1.54) is 4.40 Å². The van der Waals surface area contributed by atoms with Gasteiger partial charge >= 0.3 is 0 Å². The van der Waals surface area contributed by atoms with Gasteiger partial charge in [0.2, 0.25) is 0 Å². The highest BCUT2D eigenvalue weighted by molar-refractivity contribution is 7.08. The molecule has 0 aliphatic heterocycles. The van der Waals surface area contributed by atoms with Gasteiger partial charge in [-0.1, -0.05) is 6.07 Å². The van der Waals surface area contributed by atoms with E-state index in [1.54, 1.807) is 23.6 Å². The van der Waals surface area contributed by atoms with Gasteiger partial charge < -0.3 is 5.32 Å². The first kappa shape index (κ1) is 11.0. The third-order valence-electron chi connectivity index (χ3n) is 2.62. The van der Waals surface area contributed by atoms with E-state index in [2.05, 4.69) is 10.3 Å². The van der Waals surface area contributed by atoms with Crippen molar-refractivity contribution >= 4 is 22.7 Å². The first-order valence-electron chi connectivity index (χ1n) is 5.56. The minimum atomic E-state index is -0.0530. The molecule has 0 radical (unpaired) electrons. The number of anilines is 1. The second-order valence-corrected chi connectivity index (χ2v) is 4.66. The van der Waals surface area contributed by atoms with Crippen molar-refractivity contribution < 1.29 is 0 Å². The van der Waals surface area contributed by atoms with Gasteiger partial charge in [0.05, 0.1) is 12.2 Å². The lowest BCUT2D eigenvalue weighted by Gasteiger charge is -2.05. The van der Waals surface area contributed by atoms with E-state index in [1.807, 2.05) is 35.0 Å². The molecule has 90 valence electrons. The molecule has 18 heavy (non-hydrogen) atoms. The zero-order chi connectivity index (χ0) is 12.4. The number of nitrogens with one attached hydrogen (secondary N) is 1. The standard InChI is InChI=1S/C13H11N3OS/c17-13-7-11(8-14-10-4-6-18-9-10)15-12-3-1-2-5-16(12)13/h1-7,9,14H,8H2. The maximum absolute atomic E-state index is 11.9. The van der Waals surface area contributed by atoms with Crippen molar-refractivity contribution in [1.29, 1.82) is 0 Å². The van der Waals surface area contributed by atoms with Crippen LogP contribution in [-0.4, -0.2) is 9.38 Å². The predicted molar refractivity (Wildman–Crippen MR) is 73.1 cm³/mol. The highest BCUT2D eigenvalue weighted by Crippen LogP contribution is 2.12. The zero-order valence-corrected chi connectivity index (χ0v) is 10.4. The minimum Gasteiger partial charge on any atom is -0.379 e. The highest BCUT2D eigenvalue weighted by Gasteiger charge is 2.01. The predicted octanol–water partition coefficient (Wildman–Crippen LogP) is 2.37. The van der Waals surface area contributed by atoms with Crippen LogP contribution in [0.15, 0.2) is 52.1 Å². The van der Waals surface area contributed by atoms with Crippen LogP contribution in [0.1, 0.15) is 5.69 Å². The Morgan fingerprint density at radius 1 is 1.33 bits per heavy atom. The van der Waals surface area contributed by atoms with Crippen molar-refractivity contribution in [3.8, 4) is 0 Å². The molecule has 0 spiro atoms. The quantitative estimate of drug-likeness (QED) is 0.783. The topological polar surface area (TPSA) is 46.4 Å². The van der Waals surface area contributed by atoms with Gasteiger partial charge in [-0.05, 0) is 23.6 Å². The van der Waals surface area contributed by atoms with Crippen molar-refractivity contribution in [2.75, 3.05) is 5.32 Å². The molecule has 3 aromatic rings. The lowest BCUT2D eigenvalue weighted by molar-refractivity contribution is 0.972. The number of thiophene rings is 1. The Hall–Kier alpha value is -2.14. The summed E-state index contributed by atoms with van der Waals surface area (Å²) in [6, 6.07) is 9.08. The molecule has 3 heterocycles. The van der Waals surface area contributed by atoms with Crippen LogP contribution in [0.3, 0.4) is 0 Å². The summed E-state index contributed by atoms with van der Waals surface area (Å²) in [4.78, 5) is 16.3. The SMILES string of the molecule is O=c1cc(CNc2ccsc2)nc2ccccn12. The van der Waals surface area contributed by atoms with E-state index >= 15 is 0 Å².